The normalized spacial score (nSPS) is 17.1. The Hall–Kier alpha value is -2.14. The van der Waals surface area contributed by atoms with E-state index in [1.807, 2.05) is 21.0 Å². The molecule has 5 heteroatoms. The minimum Gasteiger partial charge on any atom is -0.465 e. The Bertz CT molecular complexity index is 770. The van der Waals surface area contributed by atoms with Crippen molar-refractivity contribution in [3.63, 3.8) is 0 Å². The van der Waals surface area contributed by atoms with Gasteiger partial charge in [-0.15, -0.1) is 0 Å². The molecular weight excluding hydrogens is 424 g/mol. The van der Waals surface area contributed by atoms with Gasteiger partial charge < -0.3 is 9.64 Å². The summed E-state index contributed by atoms with van der Waals surface area (Å²) in [4.78, 5) is 28.6. The fourth-order valence-electron chi connectivity index (χ4n) is 4.45. The number of rotatable bonds is 14. The van der Waals surface area contributed by atoms with Crippen LogP contribution in [-0.4, -0.2) is 62.0 Å². The maximum Gasteiger partial charge on any atom is 0.313 e. The summed E-state index contributed by atoms with van der Waals surface area (Å²) in [5, 5.41) is 0. The number of carbonyl (C=O) groups excluding carboxylic acids is 2. The van der Waals surface area contributed by atoms with E-state index in [9.17, 15) is 9.59 Å². The number of carbonyl (C=O) groups is 2. The van der Waals surface area contributed by atoms with Crippen molar-refractivity contribution in [3.8, 4) is 0 Å². The van der Waals surface area contributed by atoms with E-state index < -0.39 is 0 Å². The first-order chi connectivity index (χ1) is 16.3. The maximum absolute atomic E-state index is 12.4. The van der Waals surface area contributed by atoms with E-state index in [2.05, 4.69) is 55.2 Å². The largest absolute Gasteiger partial charge is 0.465 e. The molecule has 1 aliphatic rings. The van der Waals surface area contributed by atoms with Gasteiger partial charge in [-0.3, -0.25) is 14.5 Å². The van der Waals surface area contributed by atoms with Gasteiger partial charge in [-0.25, -0.2) is 0 Å². The minimum atomic E-state index is -0.217. The number of benzene rings is 1. The number of ether oxygens (including phenoxy) is 1. The summed E-state index contributed by atoms with van der Waals surface area (Å²) in [6.45, 7) is 9.70. The molecule has 1 aromatic rings. The first kappa shape index (κ1) is 28.1. The number of amides is 1. The number of hydrogen-bond donors (Lipinski definition) is 0. The second-order valence-electron chi connectivity index (χ2n) is 10.4. The number of unbranched alkanes of at least 4 members (excludes halogenated alkanes) is 5. The van der Waals surface area contributed by atoms with E-state index in [0.717, 1.165) is 44.5 Å². The second-order valence-corrected chi connectivity index (χ2v) is 10.4. The highest BCUT2D eigenvalue weighted by atomic mass is 16.5. The molecule has 0 saturated carbocycles. The lowest BCUT2D eigenvalue weighted by molar-refractivity contribution is -0.145. The van der Waals surface area contributed by atoms with Gasteiger partial charge in [-0.1, -0.05) is 75.9 Å². The van der Waals surface area contributed by atoms with E-state index >= 15 is 0 Å². The van der Waals surface area contributed by atoms with Crippen LogP contribution in [0.1, 0.15) is 76.3 Å². The Morgan fingerprint density at radius 1 is 1.00 bits per heavy atom. The highest BCUT2D eigenvalue weighted by molar-refractivity contribution is 5.80. The lowest BCUT2D eigenvalue weighted by Crippen LogP contribution is -2.40. The van der Waals surface area contributed by atoms with E-state index in [4.69, 9.17) is 4.74 Å². The predicted molar refractivity (Wildman–Crippen MR) is 140 cm³/mol. The van der Waals surface area contributed by atoms with Crippen LogP contribution in [0.2, 0.25) is 0 Å². The molecule has 2 rings (SSSR count). The molecule has 1 heterocycles. The van der Waals surface area contributed by atoms with Crippen LogP contribution in [0.25, 0.3) is 0 Å². The van der Waals surface area contributed by atoms with Crippen molar-refractivity contribution in [1.29, 1.82) is 0 Å². The van der Waals surface area contributed by atoms with Crippen molar-refractivity contribution < 1.29 is 14.3 Å². The average Bonchev–Trinajstić information content (AvgIpc) is 2.82. The molecule has 0 radical (unpaired) electrons. The van der Waals surface area contributed by atoms with Crippen LogP contribution in [-0.2, 0) is 20.7 Å². The van der Waals surface area contributed by atoms with Crippen LogP contribution in [0.3, 0.4) is 0 Å². The minimum absolute atomic E-state index is 0.00147. The molecule has 5 nitrogen and oxygen atoms in total. The zero-order chi connectivity index (χ0) is 24.9. The summed E-state index contributed by atoms with van der Waals surface area (Å²) in [6.07, 6.45) is 12.0. The van der Waals surface area contributed by atoms with E-state index in [-0.39, 0.29) is 23.7 Å². The van der Waals surface area contributed by atoms with Gasteiger partial charge in [0.2, 0.25) is 5.91 Å². The molecule has 0 N–H and O–H groups in total. The van der Waals surface area contributed by atoms with E-state index in [0.29, 0.717) is 12.5 Å². The molecule has 1 aliphatic heterocycles. The molecule has 1 amide bonds. The molecule has 190 valence electrons. The molecule has 0 saturated heterocycles. The van der Waals surface area contributed by atoms with Gasteiger partial charge in [-0.05, 0) is 49.8 Å². The SMILES string of the molecule is CC(C)Cc1ccc(C(C)C(=O)OCCCCCCCCN2CC=CC(C(=O)N(C)C)C2)cc1. The third-order valence-corrected chi connectivity index (χ3v) is 6.54. The van der Waals surface area contributed by atoms with Gasteiger partial charge in [0.05, 0.1) is 18.4 Å². The number of nitrogens with zero attached hydrogens (tertiary/aromatic N) is 2. The molecule has 34 heavy (non-hydrogen) atoms. The molecule has 0 bridgehead atoms. The molecule has 0 aliphatic carbocycles. The van der Waals surface area contributed by atoms with Crippen molar-refractivity contribution in [2.24, 2.45) is 11.8 Å². The van der Waals surface area contributed by atoms with Crippen molar-refractivity contribution >= 4 is 11.9 Å². The van der Waals surface area contributed by atoms with Gasteiger partial charge in [-0.2, -0.15) is 0 Å². The van der Waals surface area contributed by atoms with Gasteiger partial charge in [0.25, 0.3) is 0 Å². The topological polar surface area (TPSA) is 49.9 Å². The average molecular weight is 471 g/mol. The van der Waals surface area contributed by atoms with Gasteiger partial charge >= 0.3 is 5.97 Å². The first-order valence-electron chi connectivity index (χ1n) is 13.1. The van der Waals surface area contributed by atoms with Crippen LogP contribution in [0.5, 0.6) is 0 Å². The second kappa shape index (κ2) is 15.0. The predicted octanol–water partition coefficient (Wildman–Crippen LogP) is 5.45. The summed E-state index contributed by atoms with van der Waals surface area (Å²) in [5.41, 5.74) is 2.34. The third-order valence-electron chi connectivity index (χ3n) is 6.54. The lowest BCUT2D eigenvalue weighted by atomic mass is 9.97. The molecule has 0 fully saturated rings. The third kappa shape index (κ3) is 10.0. The van der Waals surface area contributed by atoms with Gasteiger partial charge in [0.1, 0.15) is 0 Å². The van der Waals surface area contributed by atoms with Crippen molar-refractivity contribution in [3.05, 3.63) is 47.5 Å². The van der Waals surface area contributed by atoms with Crippen LogP contribution in [0.15, 0.2) is 36.4 Å². The van der Waals surface area contributed by atoms with Crippen LogP contribution in [0, 0.1) is 11.8 Å². The highest BCUT2D eigenvalue weighted by Crippen LogP contribution is 2.19. The van der Waals surface area contributed by atoms with Crippen molar-refractivity contribution in [2.75, 3.05) is 40.3 Å². The van der Waals surface area contributed by atoms with Crippen molar-refractivity contribution in [2.45, 2.75) is 71.6 Å². The first-order valence-corrected chi connectivity index (χ1v) is 13.1. The molecular formula is C29H46N2O3. The standard InChI is InChI=1S/C29H46N2O3/c1-23(2)21-25-14-16-26(17-15-25)24(3)29(33)34-20-11-9-7-6-8-10-18-31-19-12-13-27(22-31)28(32)30(4)5/h12-17,23-24,27H,6-11,18-22H2,1-5H3. The molecule has 2 unspecified atom stereocenters. The van der Waals surface area contributed by atoms with Crippen LogP contribution >= 0.6 is 0 Å². The quantitative estimate of drug-likeness (QED) is 0.206. The zero-order valence-electron chi connectivity index (χ0n) is 22.1. The number of esters is 1. The van der Waals surface area contributed by atoms with Crippen LogP contribution in [0.4, 0.5) is 0 Å². The lowest BCUT2D eigenvalue weighted by Gasteiger charge is -2.29. The fraction of sp³-hybridized carbons (Fsp3) is 0.655. The monoisotopic (exact) mass is 470 g/mol. The Morgan fingerprint density at radius 2 is 1.65 bits per heavy atom. The molecule has 0 aromatic heterocycles. The molecule has 1 aromatic carbocycles. The Labute approximate surface area is 207 Å². The number of hydrogen-bond acceptors (Lipinski definition) is 4. The summed E-state index contributed by atoms with van der Waals surface area (Å²) in [6, 6.07) is 8.37. The van der Waals surface area contributed by atoms with Gasteiger partial charge in [0.15, 0.2) is 0 Å². The Balaban J connectivity index is 1.51. The summed E-state index contributed by atoms with van der Waals surface area (Å²) < 4.78 is 5.52. The molecule has 0 spiro atoms. The molecule has 2 atom stereocenters. The van der Waals surface area contributed by atoms with Crippen molar-refractivity contribution in [1.82, 2.24) is 9.80 Å². The summed E-state index contributed by atoms with van der Waals surface area (Å²) in [7, 11) is 3.64. The van der Waals surface area contributed by atoms with E-state index in [1.165, 1.54) is 31.2 Å². The smallest absolute Gasteiger partial charge is 0.313 e. The maximum atomic E-state index is 12.4. The fourth-order valence-corrected chi connectivity index (χ4v) is 4.45. The van der Waals surface area contributed by atoms with Gasteiger partial charge in [0, 0.05) is 27.2 Å². The zero-order valence-corrected chi connectivity index (χ0v) is 22.1. The summed E-state index contributed by atoms with van der Waals surface area (Å²) >= 11 is 0. The Morgan fingerprint density at radius 3 is 2.29 bits per heavy atom. The van der Waals surface area contributed by atoms with Crippen LogP contribution < -0.4 is 0 Å². The Kier molecular flexibility index (Phi) is 12.4. The van der Waals surface area contributed by atoms with E-state index in [1.54, 1.807) is 4.90 Å². The summed E-state index contributed by atoms with van der Waals surface area (Å²) in [5.74, 6) is 0.478. The highest BCUT2D eigenvalue weighted by Gasteiger charge is 2.22.